The van der Waals surface area contributed by atoms with Crippen molar-refractivity contribution < 1.29 is 14.3 Å². The van der Waals surface area contributed by atoms with Crippen molar-refractivity contribution in [3.05, 3.63) is 65.4 Å². The normalized spacial score (nSPS) is 17.2. The van der Waals surface area contributed by atoms with Crippen molar-refractivity contribution in [2.24, 2.45) is 0 Å². The van der Waals surface area contributed by atoms with E-state index < -0.39 is 0 Å². The molecule has 0 spiro atoms. The molecule has 2 amide bonds. The zero-order chi connectivity index (χ0) is 23.5. The van der Waals surface area contributed by atoms with Gasteiger partial charge in [0.1, 0.15) is 11.4 Å². The van der Waals surface area contributed by atoms with Crippen LogP contribution in [-0.2, 0) is 9.59 Å². The van der Waals surface area contributed by atoms with Crippen molar-refractivity contribution in [1.82, 2.24) is 9.80 Å². The van der Waals surface area contributed by atoms with Gasteiger partial charge in [0.2, 0.25) is 0 Å². The van der Waals surface area contributed by atoms with Gasteiger partial charge in [-0.25, -0.2) is 4.90 Å². The van der Waals surface area contributed by atoms with E-state index in [2.05, 4.69) is 17.9 Å². The third-order valence-electron chi connectivity index (χ3n) is 5.96. The summed E-state index contributed by atoms with van der Waals surface area (Å²) >= 11 is 0. The first-order valence-electron chi connectivity index (χ1n) is 11.3. The van der Waals surface area contributed by atoms with Crippen molar-refractivity contribution in [2.45, 2.75) is 26.9 Å². The molecule has 0 aliphatic carbocycles. The molecule has 2 aromatic carbocycles. The highest BCUT2D eigenvalue weighted by molar-refractivity contribution is 6.45. The van der Waals surface area contributed by atoms with Gasteiger partial charge in [0.15, 0.2) is 0 Å². The number of nitrogens with zero attached hydrogens (tertiary/aromatic N) is 4. The number of hydrogen-bond donors (Lipinski definition) is 0. The lowest BCUT2D eigenvalue weighted by Gasteiger charge is -2.36. The van der Waals surface area contributed by atoms with E-state index in [1.54, 1.807) is 24.3 Å². The van der Waals surface area contributed by atoms with Gasteiger partial charge in [0, 0.05) is 26.2 Å². The fraction of sp³-hybridized carbons (Fsp3) is 0.346. The minimum absolute atomic E-state index is 0.0436. The molecule has 0 radical (unpaired) electrons. The zero-order valence-corrected chi connectivity index (χ0v) is 19.2. The molecule has 7 heteroatoms. The highest BCUT2D eigenvalue weighted by atomic mass is 16.5. The Morgan fingerprint density at radius 3 is 2.12 bits per heavy atom. The second-order valence-corrected chi connectivity index (χ2v) is 8.44. The number of rotatable bonds is 6. The minimum atomic E-state index is -0.352. The number of hydrogen-bond acceptors (Lipinski definition) is 6. The number of ether oxygens (including phenoxy) is 1. The quantitative estimate of drug-likeness (QED) is 0.637. The summed E-state index contributed by atoms with van der Waals surface area (Å²) in [6.07, 6.45) is 0.0436. The highest BCUT2D eigenvalue weighted by Crippen LogP contribution is 2.36. The maximum atomic E-state index is 13.6. The topological polar surface area (TPSA) is 76.9 Å². The number of imide groups is 1. The van der Waals surface area contributed by atoms with E-state index in [0.29, 0.717) is 46.9 Å². The molecule has 0 saturated carbocycles. The molecule has 2 heterocycles. The Kier molecular flexibility index (Phi) is 6.47. The van der Waals surface area contributed by atoms with Gasteiger partial charge in [0.05, 0.1) is 29.0 Å². The smallest absolute Gasteiger partial charge is 0.282 e. The van der Waals surface area contributed by atoms with Crippen LogP contribution in [0.5, 0.6) is 5.75 Å². The first kappa shape index (κ1) is 22.6. The van der Waals surface area contributed by atoms with Crippen molar-refractivity contribution in [2.75, 3.05) is 37.6 Å². The summed E-state index contributed by atoms with van der Waals surface area (Å²) in [4.78, 5) is 32.8. The lowest BCUT2D eigenvalue weighted by molar-refractivity contribution is -0.120. The molecule has 33 heavy (non-hydrogen) atoms. The molecule has 7 nitrogen and oxygen atoms in total. The Morgan fingerprint density at radius 2 is 1.58 bits per heavy atom. The zero-order valence-electron chi connectivity index (χ0n) is 19.2. The van der Waals surface area contributed by atoms with Crippen LogP contribution < -0.4 is 9.64 Å². The Balaban J connectivity index is 1.73. The summed E-state index contributed by atoms with van der Waals surface area (Å²) in [5.41, 5.74) is 2.47. The van der Waals surface area contributed by atoms with Crippen LogP contribution in [0.3, 0.4) is 0 Å². The average molecular weight is 445 g/mol. The molecule has 170 valence electrons. The Labute approximate surface area is 194 Å². The van der Waals surface area contributed by atoms with Crippen LogP contribution in [0.2, 0.25) is 0 Å². The Bertz CT molecular complexity index is 1110. The number of carbonyl (C=O) groups is 2. The number of piperazine rings is 1. The average Bonchev–Trinajstić information content (AvgIpc) is 3.09. The SMILES string of the molecule is CCN1CCN(C2=C(c3ccc(OC(C)C)cc3)C(=O)N(c3ccc(C#N)cc3)C2=O)CC1. The molecule has 0 N–H and O–H groups in total. The van der Waals surface area contributed by atoms with E-state index in [1.807, 2.05) is 43.0 Å². The number of anilines is 1. The number of amides is 2. The standard InChI is InChI=1S/C26H28N4O3/c1-4-28-13-15-29(16-14-28)24-23(20-7-11-22(12-8-20)33-18(2)3)25(31)30(26(24)32)21-9-5-19(17-27)6-10-21/h5-12,18H,4,13-16H2,1-3H3. The summed E-state index contributed by atoms with van der Waals surface area (Å²) in [6, 6.07) is 15.9. The van der Waals surface area contributed by atoms with Gasteiger partial charge in [-0.3, -0.25) is 9.59 Å². The van der Waals surface area contributed by atoms with Crippen LogP contribution in [0.1, 0.15) is 31.9 Å². The van der Waals surface area contributed by atoms with E-state index in [0.717, 1.165) is 19.6 Å². The number of nitriles is 1. The predicted octanol–water partition coefficient (Wildman–Crippen LogP) is 3.27. The van der Waals surface area contributed by atoms with E-state index in [9.17, 15) is 9.59 Å². The van der Waals surface area contributed by atoms with Crippen LogP contribution in [0.4, 0.5) is 5.69 Å². The minimum Gasteiger partial charge on any atom is -0.491 e. The molecule has 0 aromatic heterocycles. The molecule has 1 saturated heterocycles. The molecule has 2 aliphatic rings. The molecule has 2 aromatic rings. The van der Waals surface area contributed by atoms with Crippen LogP contribution in [0.15, 0.2) is 54.2 Å². The van der Waals surface area contributed by atoms with Crippen LogP contribution >= 0.6 is 0 Å². The van der Waals surface area contributed by atoms with Crippen molar-refractivity contribution in [3.8, 4) is 11.8 Å². The maximum absolute atomic E-state index is 13.6. The second kappa shape index (κ2) is 9.47. The lowest BCUT2D eigenvalue weighted by atomic mass is 10.0. The summed E-state index contributed by atoms with van der Waals surface area (Å²) in [7, 11) is 0. The molecule has 0 atom stereocenters. The van der Waals surface area contributed by atoms with Gasteiger partial charge < -0.3 is 14.5 Å². The predicted molar refractivity (Wildman–Crippen MR) is 126 cm³/mol. The fourth-order valence-corrected chi connectivity index (χ4v) is 4.25. The van der Waals surface area contributed by atoms with Gasteiger partial charge in [-0.05, 0) is 62.4 Å². The number of carbonyl (C=O) groups excluding carboxylic acids is 2. The van der Waals surface area contributed by atoms with E-state index in [1.165, 1.54) is 4.90 Å². The van der Waals surface area contributed by atoms with Gasteiger partial charge in [-0.2, -0.15) is 5.26 Å². The van der Waals surface area contributed by atoms with Crippen molar-refractivity contribution in [3.63, 3.8) is 0 Å². The summed E-state index contributed by atoms with van der Waals surface area (Å²) in [6.45, 7) is 10.0. The van der Waals surface area contributed by atoms with Crippen LogP contribution in [0, 0.1) is 11.3 Å². The highest BCUT2D eigenvalue weighted by Gasteiger charge is 2.43. The second-order valence-electron chi connectivity index (χ2n) is 8.44. The Hall–Kier alpha value is -3.63. The molecule has 0 unspecified atom stereocenters. The van der Waals surface area contributed by atoms with Gasteiger partial charge in [-0.1, -0.05) is 19.1 Å². The maximum Gasteiger partial charge on any atom is 0.282 e. The number of likely N-dealkylation sites (N-methyl/N-ethyl adjacent to an activating group) is 1. The fourth-order valence-electron chi connectivity index (χ4n) is 4.25. The first-order valence-corrected chi connectivity index (χ1v) is 11.3. The van der Waals surface area contributed by atoms with E-state index in [-0.39, 0.29) is 17.9 Å². The number of benzene rings is 2. The van der Waals surface area contributed by atoms with Crippen LogP contribution in [0.25, 0.3) is 5.57 Å². The third-order valence-corrected chi connectivity index (χ3v) is 5.96. The lowest BCUT2D eigenvalue weighted by Crippen LogP contribution is -2.47. The third kappa shape index (κ3) is 4.48. The van der Waals surface area contributed by atoms with Gasteiger partial charge in [0.25, 0.3) is 11.8 Å². The van der Waals surface area contributed by atoms with Gasteiger partial charge >= 0.3 is 0 Å². The molecule has 2 aliphatic heterocycles. The first-order chi connectivity index (χ1) is 15.9. The van der Waals surface area contributed by atoms with E-state index >= 15 is 0 Å². The largest absolute Gasteiger partial charge is 0.491 e. The Morgan fingerprint density at radius 1 is 0.939 bits per heavy atom. The molecular formula is C26H28N4O3. The summed E-state index contributed by atoms with van der Waals surface area (Å²) in [5.74, 6) is 0.0375. The summed E-state index contributed by atoms with van der Waals surface area (Å²) < 4.78 is 5.74. The monoisotopic (exact) mass is 444 g/mol. The van der Waals surface area contributed by atoms with Gasteiger partial charge in [-0.15, -0.1) is 0 Å². The van der Waals surface area contributed by atoms with E-state index in [4.69, 9.17) is 10.00 Å². The molecule has 1 fully saturated rings. The molecular weight excluding hydrogens is 416 g/mol. The van der Waals surface area contributed by atoms with Crippen molar-refractivity contribution in [1.29, 1.82) is 5.26 Å². The van der Waals surface area contributed by atoms with Crippen LogP contribution in [-0.4, -0.2) is 60.4 Å². The molecule has 4 rings (SSSR count). The van der Waals surface area contributed by atoms with Crippen molar-refractivity contribution >= 4 is 23.1 Å². The molecule has 0 bridgehead atoms. The summed E-state index contributed by atoms with van der Waals surface area (Å²) in [5, 5.41) is 9.09.